The standard InChI is InChI=1S/C21H19N9O4/c1-9-26-15-17(27-9)29-21(34-13-5-3-2-4-12(13)28-20(24)25)30-18(15)33-14-8-10(16(22)23)6-7-11(14)19(31)32/h2-8H,1H3,(H3,22,23)(H,31,32)(H4,24,25,28)(H,26,27,29,30). The fourth-order valence-electron chi connectivity index (χ4n) is 3.02. The van der Waals surface area contributed by atoms with Crippen LogP contribution >= 0.6 is 0 Å². The van der Waals surface area contributed by atoms with Gasteiger partial charge in [-0.3, -0.25) is 5.41 Å². The van der Waals surface area contributed by atoms with Crippen LogP contribution in [0.4, 0.5) is 5.69 Å². The summed E-state index contributed by atoms with van der Waals surface area (Å²) >= 11 is 0. The number of H-pyrrole nitrogens is 1. The van der Waals surface area contributed by atoms with Gasteiger partial charge in [0, 0.05) is 5.56 Å². The van der Waals surface area contributed by atoms with E-state index in [1.165, 1.54) is 18.2 Å². The van der Waals surface area contributed by atoms with Crippen LogP contribution in [0.3, 0.4) is 0 Å². The Morgan fingerprint density at radius 2 is 1.82 bits per heavy atom. The molecule has 172 valence electrons. The van der Waals surface area contributed by atoms with Gasteiger partial charge >= 0.3 is 12.0 Å². The summed E-state index contributed by atoms with van der Waals surface area (Å²) in [5.74, 6) is -1.01. The molecule has 0 fully saturated rings. The van der Waals surface area contributed by atoms with Gasteiger partial charge in [0.2, 0.25) is 0 Å². The quantitative estimate of drug-likeness (QED) is 0.173. The van der Waals surface area contributed by atoms with Gasteiger partial charge in [-0.15, -0.1) is 0 Å². The van der Waals surface area contributed by atoms with Gasteiger partial charge in [0.1, 0.15) is 34.2 Å². The molecule has 0 spiro atoms. The Bertz CT molecular complexity index is 1460. The maximum absolute atomic E-state index is 11.7. The van der Waals surface area contributed by atoms with E-state index in [0.29, 0.717) is 17.0 Å². The van der Waals surface area contributed by atoms with Gasteiger partial charge in [-0.1, -0.05) is 18.2 Å². The van der Waals surface area contributed by atoms with Crippen LogP contribution in [0.15, 0.2) is 47.5 Å². The number of aliphatic imine (C=N–C) groups is 1. The molecular weight excluding hydrogens is 442 g/mol. The highest BCUT2D eigenvalue weighted by Gasteiger charge is 2.20. The molecule has 0 aliphatic carbocycles. The first-order valence-corrected chi connectivity index (χ1v) is 9.71. The normalized spacial score (nSPS) is 10.6. The minimum Gasteiger partial charge on any atom is -0.478 e. The number of benzene rings is 2. The zero-order chi connectivity index (χ0) is 24.4. The molecule has 0 unspecified atom stereocenters. The van der Waals surface area contributed by atoms with E-state index in [1.54, 1.807) is 31.2 Å². The van der Waals surface area contributed by atoms with Crippen molar-refractivity contribution in [3.05, 3.63) is 59.4 Å². The van der Waals surface area contributed by atoms with Gasteiger partial charge in [-0.2, -0.15) is 9.97 Å². The number of nitrogens with one attached hydrogen (secondary N) is 2. The number of imidazole rings is 1. The molecule has 0 saturated carbocycles. The van der Waals surface area contributed by atoms with Gasteiger partial charge < -0.3 is 36.8 Å². The second-order valence-electron chi connectivity index (χ2n) is 6.97. The molecule has 4 aromatic rings. The number of amidine groups is 1. The predicted octanol–water partition coefficient (Wildman–Crippen LogP) is 2.13. The average Bonchev–Trinajstić information content (AvgIpc) is 3.15. The van der Waals surface area contributed by atoms with E-state index in [0.717, 1.165) is 0 Å². The maximum atomic E-state index is 11.7. The van der Waals surface area contributed by atoms with Crippen LogP contribution in [0, 0.1) is 12.3 Å². The summed E-state index contributed by atoms with van der Waals surface area (Å²) in [7, 11) is 0. The summed E-state index contributed by atoms with van der Waals surface area (Å²) in [5, 5.41) is 17.2. The first-order valence-electron chi connectivity index (χ1n) is 9.71. The molecule has 0 radical (unpaired) electrons. The number of hydrogen-bond donors (Lipinski definition) is 6. The topological polar surface area (TPSA) is 224 Å². The summed E-state index contributed by atoms with van der Waals surface area (Å²) in [4.78, 5) is 31.6. The van der Waals surface area contributed by atoms with Crippen LogP contribution in [-0.2, 0) is 0 Å². The minimum absolute atomic E-state index is 0.0527. The molecule has 0 atom stereocenters. The fraction of sp³-hybridized carbons (Fsp3) is 0.0476. The summed E-state index contributed by atoms with van der Waals surface area (Å²) in [5.41, 5.74) is 17.5. The zero-order valence-electron chi connectivity index (χ0n) is 17.7. The smallest absolute Gasteiger partial charge is 0.339 e. The van der Waals surface area contributed by atoms with Gasteiger partial charge in [-0.05, 0) is 31.2 Å². The highest BCUT2D eigenvalue weighted by molar-refractivity contribution is 5.98. The molecule has 0 bridgehead atoms. The summed E-state index contributed by atoms with van der Waals surface area (Å²) in [6.45, 7) is 1.71. The minimum atomic E-state index is -1.24. The number of hydrogen-bond acceptors (Lipinski definition) is 8. The van der Waals surface area contributed by atoms with Crippen LogP contribution in [-0.4, -0.2) is 42.8 Å². The number of rotatable bonds is 7. The van der Waals surface area contributed by atoms with E-state index in [-0.39, 0.29) is 52.0 Å². The van der Waals surface area contributed by atoms with Gasteiger partial charge in [0.25, 0.3) is 5.88 Å². The van der Waals surface area contributed by atoms with Crippen molar-refractivity contribution in [3.63, 3.8) is 0 Å². The lowest BCUT2D eigenvalue weighted by atomic mass is 10.1. The predicted molar refractivity (Wildman–Crippen MR) is 123 cm³/mol. The second-order valence-corrected chi connectivity index (χ2v) is 6.97. The summed E-state index contributed by atoms with van der Waals surface area (Å²) < 4.78 is 11.7. The number of nitrogen functional groups attached to an aromatic ring is 1. The molecule has 0 aliphatic rings. The number of carbonyl (C=O) groups is 1. The Hall–Kier alpha value is -5.20. The molecule has 13 nitrogen and oxygen atoms in total. The SMILES string of the molecule is Cc1nc2nc(Oc3ccccc3N=C(N)N)nc(Oc3cc(C(=N)N)ccc3C(=O)O)c2[nH]1. The Labute approximate surface area is 191 Å². The number of aryl methyl sites for hydroxylation is 1. The van der Waals surface area contributed by atoms with E-state index < -0.39 is 5.97 Å². The van der Waals surface area contributed by atoms with Gasteiger partial charge in [-0.25, -0.2) is 14.8 Å². The number of aromatic carboxylic acids is 1. The molecule has 13 heteroatoms. The van der Waals surface area contributed by atoms with Crippen LogP contribution in [0.2, 0.25) is 0 Å². The largest absolute Gasteiger partial charge is 0.478 e. The van der Waals surface area contributed by atoms with Gasteiger partial charge in [0.05, 0.1) is 0 Å². The number of nitrogens with zero attached hydrogens (tertiary/aromatic N) is 4. The van der Waals surface area contributed by atoms with Crippen LogP contribution < -0.4 is 26.7 Å². The Morgan fingerprint density at radius 3 is 2.53 bits per heavy atom. The average molecular weight is 461 g/mol. The number of nitrogens with two attached hydrogens (primary N) is 3. The fourth-order valence-corrected chi connectivity index (χ4v) is 3.02. The maximum Gasteiger partial charge on any atom is 0.339 e. The van der Waals surface area contributed by atoms with E-state index in [2.05, 4.69) is 24.9 Å². The molecule has 0 aliphatic heterocycles. The third-order valence-electron chi connectivity index (χ3n) is 4.46. The lowest BCUT2D eigenvalue weighted by Gasteiger charge is -2.12. The molecule has 9 N–H and O–H groups in total. The van der Waals surface area contributed by atoms with Crippen molar-refractivity contribution >= 4 is 34.6 Å². The van der Waals surface area contributed by atoms with Crippen LogP contribution in [0.5, 0.6) is 23.4 Å². The highest BCUT2D eigenvalue weighted by atomic mass is 16.5. The van der Waals surface area contributed by atoms with Crippen molar-refractivity contribution in [2.75, 3.05) is 0 Å². The van der Waals surface area contributed by atoms with Crippen molar-refractivity contribution in [2.24, 2.45) is 22.2 Å². The Balaban J connectivity index is 1.81. The molecule has 2 aromatic carbocycles. The van der Waals surface area contributed by atoms with E-state index in [4.69, 9.17) is 32.1 Å². The Morgan fingerprint density at radius 1 is 1.06 bits per heavy atom. The zero-order valence-corrected chi connectivity index (χ0v) is 17.7. The first kappa shape index (κ1) is 22.0. The number of carboxylic acid groups (broad SMARTS) is 1. The number of fused-ring (bicyclic) bond motifs is 1. The lowest BCUT2D eigenvalue weighted by molar-refractivity contribution is 0.0694. The third-order valence-corrected chi connectivity index (χ3v) is 4.46. The molecule has 2 aromatic heterocycles. The monoisotopic (exact) mass is 461 g/mol. The van der Waals surface area contributed by atoms with Crippen LogP contribution in [0.1, 0.15) is 21.7 Å². The van der Waals surface area contributed by atoms with E-state index in [1.807, 2.05) is 0 Å². The molecule has 2 heterocycles. The van der Waals surface area contributed by atoms with E-state index >= 15 is 0 Å². The van der Waals surface area contributed by atoms with Crippen molar-refractivity contribution in [3.8, 4) is 23.4 Å². The van der Waals surface area contributed by atoms with Crippen LogP contribution in [0.25, 0.3) is 11.2 Å². The van der Waals surface area contributed by atoms with Crippen molar-refractivity contribution in [1.82, 2.24) is 19.9 Å². The summed E-state index contributed by atoms with van der Waals surface area (Å²) in [6, 6.07) is 10.6. The Kier molecular flexibility index (Phi) is 5.66. The third kappa shape index (κ3) is 4.52. The molecule has 34 heavy (non-hydrogen) atoms. The summed E-state index contributed by atoms with van der Waals surface area (Å²) in [6.07, 6.45) is 0. The van der Waals surface area contributed by atoms with Crippen molar-refractivity contribution < 1.29 is 19.4 Å². The van der Waals surface area contributed by atoms with Gasteiger partial charge in [0.15, 0.2) is 17.4 Å². The van der Waals surface area contributed by atoms with E-state index in [9.17, 15) is 9.90 Å². The number of carboxylic acids is 1. The molecule has 0 saturated heterocycles. The van der Waals surface area contributed by atoms with Crippen molar-refractivity contribution in [2.45, 2.75) is 6.92 Å². The first-order chi connectivity index (χ1) is 16.2. The molecular formula is C21H19N9O4. The number of aromatic amines is 1. The number of guanidine groups is 1. The number of para-hydroxylation sites is 2. The number of ether oxygens (including phenoxy) is 2. The molecule has 0 amide bonds. The highest BCUT2D eigenvalue weighted by Crippen LogP contribution is 2.34. The lowest BCUT2D eigenvalue weighted by Crippen LogP contribution is -2.21. The molecule has 4 rings (SSSR count). The van der Waals surface area contributed by atoms with Crippen molar-refractivity contribution in [1.29, 1.82) is 5.41 Å². The second kappa shape index (κ2) is 8.74. The number of aromatic nitrogens is 4.